The molecule has 1 saturated carbocycles. The van der Waals surface area contributed by atoms with Crippen LogP contribution in [0.3, 0.4) is 0 Å². The fourth-order valence-corrected chi connectivity index (χ4v) is 2.69. The molecular weight excluding hydrogens is 214 g/mol. The molecule has 3 nitrogen and oxygen atoms in total. The van der Waals surface area contributed by atoms with Gasteiger partial charge in [-0.2, -0.15) is 0 Å². The lowest BCUT2D eigenvalue weighted by Crippen LogP contribution is -2.35. The Morgan fingerprint density at radius 2 is 2.12 bits per heavy atom. The van der Waals surface area contributed by atoms with Gasteiger partial charge in [0.25, 0.3) is 0 Å². The van der Waals surface area contributed by atoms with Crippen molar-refractivity contribution in [2.24, 2.45) is 0 Å². The second kappa shape index (κ2) is 6.01. The molecule has 0 unspecified atom stereocenters. The maximum Gasteiger partial charge on any atom is 0.185 e. The smallest absolute Gasteiger partial charge is 0.185 e. The van der Waals surface area contributed by atoms with Crippen molar-refractivity contribution in [1.82, 2.24) is 4.90 Å². The highest BCUT2D eigenvalue weighted by molar-refractivity contribution is 5.70. The first kappa shape index (κ1) is 12.4. The van der Waals surface area contributed by atoms with Crippen molar-refractivity contribution >= 4 is 6.29 Å². The predicted molar refractivity (Wildman–Crippen MR) is 67.1 cm³/mol. The van der Waals surface area contributed by atoms with Crippen molar-refractivity contribution < 1.29 is 9.21 Å². The minimum Gasteiger partial charge on any atom is -0.457 e. The quantitative estimate of drug-likeness (QED) is 0.734. The molecule has 0 bridgehead atoms. The minimum atomic E-state index is 0.430. The summed E-state index contributed by atoms with van der Waals surface area (Å²) in [6.45, 7) is 4.06. The fraction of sp³-hybridized carbons (Fsp3) is 0.643. The van der Waals surface area contributed by atoms with Gasteiger partial charge in [-0.15, -0.1) is 0 Å². The molecule has 1 aliphatic rings. The topological polar surface area (TPSA) is 33.5 Å². The summed E-state index contributed by atoms with van der Waals surface area (Å²) < 4.78 is 5.45. The van der Waals surface area contributed by atoms with Crippen molar-refractivity contribution in [1.29, 1.82) is 0 Å². The van der Waals surface area contributed by atoms with Gasteiger partial charge >= 0.3 is 0 Å². The molecule has 1 heterocycles. The predicted octanol–water partition coefficient (Wildman–Crippen LogP) is 3.25. The number of furan rings is 1. The van der Waals surface area contributed by atoms with Gasteiger partial charge < -0.3 is 4.42 Å². The maximum atomic E-state index is 10.6. The Hall–Kier alpha value is -1.09. The second-order valence-electron chi connectivity index (χ2n) is 4.78. The van der Waals surface area contributed by atoms with E-state index in [1.54, 1.807) is 6.07 Å². The molecule has 0 saturated heterocycles. The van der Waals surface area contributed by atoms with E-state index in [1.807, 2.05) is 6.07 Å². The number of rotatable bonds is 5. The van der Waals surface area contributed by atoms with Crippen LogP contribution in [0, 0.1) is 0 Å². The molecule has 2 rings (SSSR count). The Kier molecular flexibility index (Phi) is 4.37. The highest BCUT2D eigenvalue weighted by Crippen LogP contribution is 2.24. The van der Waals surface area contributed by atoms with Gasteiger partial charge in [-0.05, 0) is 31.5 Å². The third-order valence-electron chi connectivity index (χ3n) is 3.65. The first-order valence-electron chi connectivity index (χ1n) is 6.61. The van der Waals surface area contributed by atoms with E-state index in [0.29, 0.717) is 11.8 Å². The Morgan fingerprint density at radius 3 is 2.71 bits per heavy atom. The molecule has 17 heavy (non-hydrogen) atoms. The molecule has 94 valence electrons. The van der Waals surface area contributed by atoms with Gasteiger partial charge in [0.15, 0.2) is 12.0 Å². The van der Waals surface area contributed by atoms with E-state index in [-0.39, 0.29) is 0 Å². The number of nitrogens with zero attached hydrogens (tertiary/aromatic N) is 1. The SMILES string of the molecule is CCN(Cc1ccc(C=O)o1)C1CCCCC1. The molecule has 0 spiro atoms. The van der Waals surface area contributed by atoms with E-state index in [4.69, 9.17) is 4.42 Å². The molecule has 0 N–H and O–H groups in total. The largest absolute Gasteiger partial charge is 0.457 e. The Balaban J connectivity index is 1.95. The average molecular weight is 235 g/mol. The van der Waals surface area contributed by atoms with Crippen LogP contribution >= 0.6 is 0 Å². The molecule has 0 aromatic carbocycles. The summed E-state index contributed by atoms with van der Waals surface area (Å²) in [5, 5.41) is 0. The Morgan fingerprint density at radius 1 is 1.35 bits per heavy atom. The van der Waals surface area contributed by atoms with Crippen LogP contribution in [-0.4, -0.2) is 23.8 Å². The normalized spacial score (nSPS) is 17.5. The Bertz CT molecular complexity index is 353. The van der Waals surface area contributed by atoms with Gasteiger partial charge in [-0.3, -0.25) is 9.69 Å². The first-order valence-corrected chi connectivity index (χ1v) is 6.61. The number of carbonyl (C=O) groups excluding carboxylic acids is 1. The van der Waals surface area contributed by atoms with Gasteiger partial charge in [-0.25, -0.2) is 0 Å². The van der Waals surface area contributed by atoms with Gasteiger partial charge in [0.1, 0.15) is 5.76 Å². The molecule has 1 aromatic heterocycles. The number of aldehydes is 1. The molecule has 3 heteroatoms. The van der Waals surface area contributed by atoms with Crippen molar-refractivity contribution in [3.8, 4) is 0 Å². The van der Waals surface area contributed by atoms with Crippen molar-refractivity contribution in [2.45, 2.75) is 51.6 Å². The molecule has 0 aliphatic heterocycles. The molecule has 0 amide bonds. The van der Waals surface area contributed by atoms with Gasteiger partial charge in [0.2, 0.25) is 0 Å². The van der Waals surface area contributed by atoms with Crippen LogP contribution < -0.4 is 0 Å². The van der Waals surface area contributed by atoms with Crippen molar-refractivity contribution in [3.05, 3.63) is 23.7 Å². The van der Waals surface area contributed by atoms with Crippen LogP contribution in [0.5, 0.6) is 0 Å². The molecule has 1 aromatic rings. The summed E-state index contributed by atoms with van der Waals surface area (Å²) in [4.78, 5) is 13.0. The third kappa shape index (κ3) is 3.19. The monoisotopic (exact) mass is 235 g/mol. The summed E-state index contributed by atoms with van der Waals surface area (Å²) >= 11 is 0. The molecule has 0 atom stereocenters. The van der Waals surface area contributed by atoms with E-state index in [2.05, 4.69) is 11.8 Å². The lowest BCUT2D eigenvalue weighted by atomic mass is 9.94. The lowest BCUT2D eigenvalue weighted by molar-refractivity contribution is 0.109. The van der Waals surface area contributed by atoms with E-state index in [0.717, 1.165) is 25.1 Å². The standard InChI is InChI=1S/C14H21NO2/c1-2-15(12-6-4-3-5-7-12)10-13-8-9-14(11-16)17-13/h8-9,11-12H,2-7,10H2,1H3. The summed E-state index contributed by atoms with van der Waals surface area (Å²) in [5.74, 6) is 1.33. The van der Waals surface area contributed by atoms with Gasteiger partial charge in [0.05, 0.1) is 6.54 Å². The van der Waals surface area contributed by atoms with Crippen LogP contribution in [0.4, 0.5) is 0 Å². The van der Waals surface area contributed by atoms with Crippen LogP contribution in [0.15, 0.2) is 16.5 Å². The maximum absolute atomic E-state index is 10.6. The third-order valence-corrected chi connectivity index (χ3v) is 3.65. The van der Waals surface area contributed by atoms with E-state index >= 15 is 0 Å². The number of hydrogen-bond donors (Lipinski definition) is 0. The minimum absolute atomic E-state index is 0.430. The van der Waals surface area contributed by atoms with Crippen LogP contribution in [0.1, 0.15) is 55.3 Å². The number of hydrogen-bond acceptors (Lipinski definition) is 3. The zero-order chi connectivity index (χ0) is 12.1. The molecule has 1 fully saturated rings. The number of carbonyl (C=O) groups is 1. The highest BCUT2D eigenvalue weighted by atomic mass is 16.3. The first-order chi connectivity index (χ1) is 8.33. The van der Waals surface area contributed by atoms with E-state index in [9.17, 15) is 4.79 Å². The van der Waals surface area contributed by atoms with E-state index < -0.39 is 0 Å². The van der Waals surface area contributed by atoms with E-state index in [1.165, 1.54) is 32.1 Å². The molecular formula is C14H21NO2. The average Bonchev–Trinajstić information content (AvgIpc) is 2.84. The van der Waals surface area contributed by atoms with Gasteiger partial charge in [-0.1, -0.05) is 26.2 Å². The zero-order valence-corrected chi connectivity index (χ0v) is 10.5. The molecule has 0 radical (unpaired) electrons. The molecule has 1 aliphatic carbocycles. The summed E-state index contributed by atoms with van der Waals surface area (Å²) in [5.41, 5.74) is 0. The zero-order valence-electron chi connectivity index (χ0n) is 10.5. The van der Waals surface area contributed by atoms with Crippen LogP contribution in [-0.2, 0) is 6.54 Å². The summed E-state index contributed by atoms with van der Waals surface area (Å²) in [6.07, 6.45) is 7.44. The fourth-order valence-electron chi connectivity index (χ4n) is 2.69. The van der Waals surface area contributed by atoms with Crippen molar-refractivity contribution in [2.75, 3.05) is 6.54 Å². The summed E-state index contributed by atoms with van der Waals surface area (Å²) in [7, 11) is 0. The van der Waals surface area contributed by atoms with Crippen LogP contribution in [0.25, 0.3) is 0 Å². The lowest BCUT2D eigenvalue weighted by Gasteiger charge is -2.32. The second-order valence-corrected chi connectivity index (χ2v) is 4.78. The Labute approximate surface area is 103 Å². The van der Waals surface area contributed by atoms with Crippen molar-refractivity contribution in [3.63, 3.8) is 0 Å². The van der Waals surface area contributed by atoms with Crippen LogP contribution in [0.2, 0.25) is 0 Å². The summed E-state index contributed by atoms with van der Waals surface area (Å²) in [6, 6.07) is 4.35. The van der Waals surface area contributed by atoms with Gasteiger partial charge in [0, 0.05) is 6.04 Å². The highest BCUT2D eigenvalue weighted by Gasteiger charge is 2.20.